The molecule has 0 unspecified atom stereocenters. The Morgan fingerprint density at radius 3 is 2.55 bits per heavy atom. The first-order chi connectivity index (χ1) is 9.75. The number of hydrogen-bond acceptors (Lipinski definition) is 2. The van der Waals surface area contributed by atoms with Gasteiger partial charge >= 0.3 is 0 Å². The molecule has 0 saturated heterocycles. The molecule has 3 nitrogen and oxygen atoms in total. The van der Waals surface area contributed by atoms with Crippen LogP contribution in [-0.2, 0) is 17.6 Å². The molecule has 1 aliphatic heterocycles. The van der Waals surface area contributed by atoms with Gasteiger partial charge in [0.25, 0.3) is 0 Å². The molecule has 2 aromatic rings. The standard InChI is InChI=1S/C17H18N2O/c18-15-12-14-8-4-5-9-16(14)19(17(15)20)11-10-13-6-2-1-3-7-13/h1-9,15H,10-12,18H2/t15-/m1/s1. The number of fused-ring (bicyclic) bond motifs is 1. The molecule has 1 aliphatic rings. The van der Waals surface area contributed by atoms with Crippen LogP contribution in [0.3, 0.4) is 0 Å². The Hall–Kier alpha value is -2.13. The van der Waals surface area contributed by atoms with Gasteiger partial charge in [-0.05, 0) is 30.0 Å². The van der Waals surface area contributed by atoms with Crippen molar-refractivity contribution in [2.45, 2.75) is 18.9 Å². The maximum absolute atomic E-state index is 12.3. The normalized spacial score (nSPS) is 17.9. The van der Waals surface area contributed by atoms with Crippen LogP contribution >= 0.6 is 0 Å². The van der Waals surface area contributed by atoms with Gasteiger partial charge in [-0.25, -0.2) is 0 Å². The Morgan fingerprint density at radius 1 is 1.05 bits per heavy atom. The Labute approximate surface area is 119 Å². The van der Waals surface area contributed by atoms with Crippen molar-refractivity contribution in [2.75, 3.05) is 11.4 Å². The van der Waals surface area contributed by atoms with E-state index in [-0.39, 0.29) is 5.91 Å². The average Bonchev–Trinajstić information content (AvgIpc) is 2.49. The molecule has 20 heavy (non-hydrogen) atoms. The zero-order valence-corrected chi connectivity index (χ0v) is 11.3. The largest absolute Gasteiger partial charge is 0.320 e. The molecule has 102 valence electrons. The van der Waals surface area contributed by atoms with E-state index >= 15 is 0 Å². The maximum Gasteiger partial charge on any atom is 0.244 e. The minimum atomic E-state index is -0.416. The van der Waals surface area contributed by atoms with Crippen LogP contribution in [0, 0.1) is 0 Å². The maximum atomic E-state index is 12.3. The Morgan fingerprint density at radius 2 is 1.75 bits per heavy atom. The second-order valence-electron chi connectivity index (χ2n) is 5.16. The first kappa shape index (κ1) is 12.9. The van der Waals surface area contributed by atoms with Gasteiger partial charge in [0, 0.05) is 12.2 Å². The fourth-order valence-electron chi connectivity index (χ4n) is 2.71. The SMILES string of the molecule is N[C@@H]1Cc2ccccc2N(CCc2ccccc2)C1=O. The van der Waals surface area contributed by atoms with E-state index in [1.54, 1.807) is 0 Å². The lowest BCUT2D eigenvalue weighted by molar-refractivity contribution is -0.120. The first-order valence-electron chi connectivity index (χ1n) is 6.94. The summed E-state index contributed by atoms with van der Waals surface area (Å²) < 4.78 is 0. The second-order valence-corrected chi connectivity index (χ2v) is 5.16. The summed E-state index contributed by atoms with van der Waals surface area (Å²) in [6, 6.07) is 17.8. The number of nitrogens with zero attached hydrogens (tertiary/aromatic N) is 1. The second kappa shape index (κ2) is 5.47. The number of para-hydroxylation sites is 1. The van der Waals surface area contributed by atoms with E-state index in [1.807, 2.05) is 41.3 Å². The number of benzene rings is 2. The lowest BCUT2D eigenvalue weighted by atomic mass is 9.97. The minimum absolute atomic E-state index is 0.0274. The van der Waals surface area contributed by atoms with Crippen LogP contribution in [0.1, 0.15) is 11.1 Å². The van der Waals surface area contributed by atoms with Crippen LogP contribution in [0.25, 0.3) is 0 Å². The third-order valence-corrected chi connectivity index (χ3v) is 3.77. The lowest BCUT2D eigenvalue weighted by Gasteiger charge is -2.32. The molecule has 0 spiro atoms. The summed E-state index contributed by atoms with van der Waals surface area (Å²) in [5, 5.41) is 0. The van der Waals surface area contributed by atoms with Crippen molar-refractivity contribution < 1.29 is 4.79 Å². The molecule has 2 N–H and O–H groups in total. The summed E-state index contributed by atoms with van der Waals surface area (Å²) in [5.74, 6) is 0.0274. The van der Waals surface area contributed by atoms with Gasteiger partial charge in [0.05, 0.1) is 6.04 Å². The third-order valence-electron chi connectivity index (χ3n) is 3.77. The van der Waals surface area contributed by atoms with Gasteiger partial charge in [-0.15, -0.1) is 0 Å². The molecule has 0 aromatic heterocycles. The number of anilines is 1. The smallest absolute Gasteiger partial charge is 0.244 e. The van der Waals surface area contributed by atoms with E-state index in [4.69, 9.17) is 5.73 Å². The van der Waals surface area contributed by atoms with Crippen LogP contribution in [0.15, 0.2) is 54.6 Å². The van der Waals surface area contributed by atoms with Crippen molar-refractivity contribution in [3.8, 4) is 0 Å². The van der Waals surface area contributed by atoms with Gasteiger partial charge in [0.1, 0.15) is 0 Å². The molecule has 1 amide bonds. The number of rotatable bonds is 3. The van der Waals surface area contributed by atoms with Crippen molar-refractivity contribution in [3.63, 3.8) is 0 Å². The molecule has 0 bridgehead atoms. The summed E-state index contributed by atoms with van der Waals surface area (Å²) in [6.07, 6.45) is 1.48. The van der Waals surface area contributed by atoms with Gasteiger partial charge in [0.2, 0.25) is 5.91 Å². The number of carbonyl (C=O) groups is 1. The zero-order valence-electron chi connectivity index (χ0n) is 11.3. The molecule has 0 radical (unpaired) electrons. The monoisotopic (exact) mass is 266 g/mol. The quantitative estimate of drug-likeness (QED) is 0.925. The molecule has 0 fully saturated rings. The summed E-state index contributed by atoms with van der Waals surface area (Å²) in [7, 11) is 0. The predicted molar refractivity (Wildman–Crippen MR) is 80.6 cm³/mol. The number of nitrogens with two attached hydrogens (primary N) is 1. The van der Waals surface area contributed by atoms with E-state index in [0.717, 1.165) is 17.7 Å². The first-order valence-corrected chi connectivity index (χ1v) is 6.94. The Kier molecular flexibility index (Phi) is 3.52. The summed E-state index contributed by atoms with van der Waals surface area (Å²) >= 11 is 0. The average molecular weight is 266 g/mol. The van der Waals surface area contributed by atoms with Crippen LogP contribution in [-0.4, -0.2) is 18.5 Å². The van der Waals surface area contributed by atoms with Crippen LogP contribution in [0.4, 0.5) is 5.69 Å². The summed E-state index contributed by atoms with van der Waals surface area (Å²) in [5.41, 5.74) is 9.36. The van der Waals surface area contributed by atoms with E-state index in [2.05, 4.69) is 18.2 Å². The highest BCUT2D eigenvalue weighted by molar-refractivity contribution is 6.00. The van der Waals surface area contributed by atoms with E-state index < -0.39 is 6.04 Å². The molecule has 3 heteroatoms. The van der Waals surface area contributed by atoms with Gasteiger partial charge in [0.15, 0.2) is 0 Å². The van der Waals surface area contributed by atoms with Crippen molar-refractivity contribution in [3.05, 3.63) is 65.7 Å². The summed E-state index contributed by atoms with van der Waals surface area (Å²) in [4.78, 5) is 14.1. The zero-order chi connectivity index (χ0) is 13.9. The highest BCUT2D eigenvalue weighted by Crippen LogP contribution is 2.27. The van der Waals surface area contributed by atoms with Gasteiger partial charge in [-0.2, -0.15) is 0 Å². The number of carbonyl (C=O) groups excluding carboxylic acids is 1. The minimum Gasteiger partial charge on any atom is -0.320 e. The van der Waals surface area contributed by atoms with Crippen LogP contribution in [0.5, 0.6) is 0 Å². The molecular weight excluding hydrogens is 248 g/mol. The lowest BCUT2D eigenvalue weighted by Crippen LogP contribution is -2.49. The highest BCUT2D eigenvalue weighted by atomic mass is 16.2. The molecule has 1 heterocycles. The predicted octanol–water partition coefficient (Wildman–Crippen LogP) is 2.15. The van der Waals surface area contributed by atoms with E-state index in [0.29, 0.717) is 13.0 Å². The topological polar surface area (TPSA) is 46.3 Å². The van der Waals surface area contributed by atoms with Crippen LogP contribution in [0.2, 0.25) is 0 Å². The van der Waals surface area contributed by atoms with Crippen molar-refractivity contribution in [1.82, 2.24) is 0 Å². The number of hydrogen-bond donors (Lipinski definition) is 1. The van der Waals surface area contributed by atoms with Gasteiger partial charge in [-0.3, -0.25) is 4.79 Å². The Balaban J connectivity index is 1.82. The fourth-order valence-corrected chi connectivity index (χ4v) is 2.71. The molecule has 0 aliphatic carbocycles. The van der Waals surface area contributed by atoms with Crippen molar-refractivity contribution in [2.24, 2.45) is 5.73 Å². The molecule has 0 saturated carbocycles. The Bertz CT molecular complexity index is 609. The molecule has 3 rings (SSSR count). The van der Waals surface area contributed by atoms with E-state index in [1.165, 1.54) is 5.56 Å². The van der Waals surface area contributed by atoms with Gasteiger partial charge in [-0.1, -0.05) is 48.5 Å². The summed E-state index contributed by atoms with van der Waals surface area (Å²) in [6.45, 7) is 0.674. The van der Waals surface area contributed by atoms with Crippen molar-refractivity contribution >= 4 is 11.6 Å². The molecule has 1 atom stereocenters. The van der Waals surface area contributed by atoms with Gasteiger partial charge < -0.3 is 10.6 Å². The van der Waals surface area contributed by atoms with E-state index in [9.17, 15) is 4.79 Å². The number of amides is 1. The van der Waals surface area contributed by atoms with Crippen molar-refractivity contribution in [1.29, 1.82) is 0 Å². The van der Waals surface area contributed by atoms with Crippen LogP contribution < -0.4 is 10.6 Å². The fraction of sp³-hybridized carbons (Fsp3) is 0.235. The molecule has 2 aromatic carbocycles. The third kappa shape index (κ3) is 2.45. The highest BCUT2D eigenvalue weighted by Gasteiger charge is 2.29. The molecular formula is C17H18N2O.